The molecular formula is C24H27NO4. The lowest BCUT2D eigenvalue weighted by Gasteiger charge is -2.27. The first kappa shape index (κ1) is 20.6. The van der Waals surface area contributed by atoms with E-state index < -0.39 is 17.7 Å². The number of anilines is 1. The smallest absolute Gasteiger partial charge is 0.294 e. The number of rotatable bonds is 7. The Morgan fingerprint density at radius 1 is 1.07 bits per heavy atom. The van der Waals surface area contributed by atoms with Crippen molar-refractivity contribution in [3.8, 4) is 5.75 Å². The summed E-state index contributed by atoms with van der Waals surface area (Å²) in [5, 5.41) is 10.5. The summed E-state index contributed by atoms with van der Waals surface area (Å²) in [6.45, 7) is 7.68. The molecule has 2 aromatic rings. The molecule has 1 amide bonds. The lowest BCUT2D eigenvalue weighted by atomic mass is 9.94. The summed E-state index contributed by atoms with van der Waals surface area (Å²) >= 11 is 0. The van der Waals surface area contributed by atoms with Crippen molar-refractivity contribution < 1.29 is 19.4 Å². The number of ether oxygens (including phenoxy) is 1. The normalized spacial score (nSPS) is 16.7. The summed E-state index contributed by atoms with van der Waals surface area (Å²) in [6.07, 6.45) is 1.15. The Hall–Kier alpha value is -3.08. The van der Waals surface area contributed by atoms with Gasteiger partial charge in [-0.2, -0.15) is 0 Å². The van der Waals surface area contributed by atoms with Crippen molar-refractivity contribution in [2.45, 2.75) is 52.7 Å². The number of aliphatic hydroxyl groups is 1. The maximum atomic E-state index is 12.9. The van der Waals surface area contributed by atoms with Crippen LogP contribution in [-0.4, -0.2) is 22.9 Å². The third kappa shape index (κ3) is 4.04. The first-order valence-corrected chi connectivity index (χ1v) is 10.0. The number of Topliss-reactive ketones (excluding diaryl/α,β-unsaturated/α-hetero) is 1. The summed E-state index contributed by atoms with van der Waals surface area (Å²) in [6, 6.07) is 14.3. The summed E-state index contributed by atoms with van der Waals surface area (Å²) in [5.74, 6) is -0.572. The molecule has 3 rings (SSSR count). The van der Waals surface area contributed by atoms with Gasteiger partial charge in [-0.25, -0.2) is 0 Å². The van der Waals surface area contributed by atoms with E-state index in [1.807, 2.05) is 38.1 Å². The Morgan fingerprint density at radius 3 is 2.21 bits per heavy atom. The van der Waals surface area contributed by atoms with E-state index >= 15 is 0 Å². The van der Waals surface area contributed by atoms with Gasteiger partial charge in [0, 0.05) is 12.1 Å². The SMILES string of the molecule is CCC(=O)C1=C(O)C(=O)N(c2ccc(OC(C)C)cc2)C1c1ccc(CC)cc1. The molecule has 1 aliphatic rings. The van der Waals surface area contributed by atoms with E-state index in [1.54, 1.807) is 31.2 Å². The van der Waals surface area contributed by atoms with E-state index in [4.69, 9.17) is 4.74 Å². The monoisotopic (exact) mass is 393 g/mol. The van der Waals surface area contributed by atoms with Crippen LogP contribution in [0.4, 0.5) is 5.69 Å². The van der Waals surface area contributed by atoms with Crippen molar-refractivity contribution in [1.82, 2.24) is 0 Å². The minimum Gasteiger partial charge on any atom is -0.503 e. The number of amides is 1. The number of nitrogens with zero attached hydrogens (tertiary/aromatic N) is 1. The highest BCUT2D eigenvalue weighted by Gasteiger charge is 2.43. The van der Waals surface area contributed by atoms with Gasteiger partial charge >= 0.3 is 0 Å². The van der Waals surface area contributed by atoms with Crippen LogP contribution in [0.3, 0.4) is 0 Å². The highest BCUT2D eigenvalue weighted by molar-refractivity contribution is 6.16. The molecular weight excluding hydrogens is 366 g/mol. The molecule has 1 aliphatic heterocycles. The Balaban J connectivity index is 2.06. The Morgan fingerprint density at radius 2 is 1.69 bits per heavy atom. The predicted molar refractivity (Wildman–Crippen MR) is 113 cm³/mol. The van der Waals surface area contributed by atoms with Crippen molar-refractivity contribution >= 4 is 17.4 Å². The Kier molecular flexibility index (Phi) is 6.06. The van der Waals surface area contributed by atoms with E-state index in [-0.39, 0.29) is 23.9 Å². The first-order chi connectivity index (χ1) is 13.9. The van der Waals surface area contributed by atoms with Crippen LogP contribution < -0.4 is 9.64 Å². The highest BCUT2D eigenvalue weighted by Crippen LogP contribution is 2.41. The van der Waals surface area contributed by atoms with E-state index in [0.717, 1.165) is 17.5 Å². The summed E-state index contributed by atoms with van der Waals surface area (Å²) < 4.78 is 5.68. The number of aryl methyl sites for hydroxylation is 1. The van der Waals surface area contributed by atoms with Crippen LogP contribution in [0.1, 0.15) is 51.3 Å². The van der Waals surface area contributed by atoms with Gasteiger partial charge in [-0.15, -0.1) is 0 Å². The summed E-state index contributed by atoms with van der Waals surface area (Å²) in [4.78, 5) is 27.0. The van der Waals surface area contributed by atoms with Crippen LogP contribution in [0.15, 0.2) is 59.9 Å². The van der Waals surface area contributed by atoms with E-state index in [0.29, 0.717) is 11.4 Å². The minimum atomic E-state index is -0.655. The third-order valence-electron chi connectivity index (χ3n) is 5.02. The molecule has 0 radical (unpaired) electrons. The average molecular weight is 393 g/mol. The number of aliphatic hydroxyl groups excluding tert-OH is 1. The van der Waals surface area contributed by atoms with Crippen LogP contribution in [0.2, 0.25) is 0 Å². The minimum absolute atomic E-state index is 0.0404. The van der Waals surface area contributed by atoms with Gasteiger partial charge in [0.25, 0.3) is 5.91 Å². The second-order valence-corrected chi connectivity index (χ2v) is 7.37. The van der Waals surface area contributed by atoms with Gasteiger partial charge in [-0.3, -0.25) is 14.5 Å². The van der Waals surface area contributed by atoms with Crippen LogP contribution in [0.5, 0.6) is 5.75 Å². The van der Waals surface area contributed by atoms with E-state index in [1.165, 1.54) is 4.90 Å². The number of benzene rings is 2. The Labute approximate surface area is 171 Å². The van der Waals surface area contributed by atoms with E-state index in [9.17, 15) is 14.7 Å². The standard InChI is InChI=1S/C24H27NO4/c1-5-16-7-9-17(10-8-16)22-21(20(26)6-2)23(27)24(28)25(22)18-11-13-19(14-12-18)29-15(3)4/h7-15,22,27H,5-6H2,1-4H3. The fraction of sp³-hybridized carbons (Fsp3) is 0.333. The molecule has 1 heterocycles. The molecule has 0 bridgehead atoms. The zero-order valence-electron chi connectivity index (χ0n) is 17.3. The zero-order chi connectivity index (χ0) is 21.1. The van der Waals surface area contributed by atoms with Gasteiger partial charge in [-0.05, 0) is 55.7 Å². The van der Waals surface area contributed by atoms with Crippen molar-refractivity contribution in [2.24, 2.45) is 0 Å². The van der Waals surface area contributed by atoms with Crippen LogP contribution in [0, 0.1) is 0 Å². The molecule has 0 saturated heterocycles. The van der Waals surface area contributed by atoms with Crippen LogP contribution >= 0.6 is 0 Å². The topological polar surface area (TPSA) is 66.8 Å². The molecule has 5 heteroatoms. The molecule has 0 spiro atoms. The molecule has 1 unspecified atom stereocenters. The van der Waals surface area contributed by atoms with Gasteiger partial charge in [0.15, 0.2) is 11.5 Å². The van der Waals surface area contributed by atoms with Gasteiger partial charge in [0.2, 0.25) is 0 Å². The fourth-order valence-corrected chi connectivity index (χ4v) is 3.56. The molecule has 1 N–H and O–H groups in total. The highest BCUT2D eigenvalue weighted by atomic mass is 16.5. The quantitative estimate of drug-likeness (QED) is 0.725. The third-order valence-corrected chi connectivity index (χ3v) is 5.02. The predicted octanol–water partition coefficient (Wildman–Crippen LogP) is 4.92. The maximum Gasteiger partial charge on any atom is 0.294 e. The average Bonchev–Trinajstić information content (AvgIpc) is 2.98. The molecule has 0 saturated carbocycles. The lowest BCUT2D eigenvalue weighted by Crippen LogP contribution is -2.31. The maximum absolute atomic E-state index is 12.9. The van der Waals surface area contributed by atoms with Crippen molar-refractivity contribution in [1.29, 1.82) is 0 Å². The molecule has 5 nitrogen and oxygen atoms in total. The van der Waals surface area contributed by atoms with Gasteiger partial charge in [-0.1, -0.05) is 38.1 Å². The molecule has 1 atom stereocenters. The number of hydrogen-bond donors (Lipinski definition) is 1. The van der Waals surface area contributed by atoms with Gasteiger partial charge in [0.1, 0.15) is 5.75 Å². The van der Waals surface area contributed by atoms with E-state index in [2.05, 4.69) is 6.92 Å². The van der Waals surface area contributed by atoms with Gasteiger partial charge in [0.05, 0.1) is 17.7 Å². The molecule has 2 aromatic carbocycles. The molecule has 29 heavy (non-hydrogen) atoms. The number of ketones is 1. The summed E-state index contributed by atoms with van der Waals surface area (Å²) in [7, 11) is 0. The molecule has 0 aromatic heterocycles. The van der Waals surface area contributed by atoms with Crippen molar-refractivity contribution in [3.05, 3.63) is 71.0 Å². The second-order valence-electron chi connectivity index (χ2n) is 7.37. The molecule has 0 aliphatic carbocycles. The number of carbonyl (C=O) groups excluding carboxylic acids is 2. The van der Waals surface area contributed by atoms with Crippen molar-refractivity contribution in [3.63, 3.8) is 0 Å². The number of hydrogen-bond acceptors (Lipinski definition) is 4. The Bertz CT molecular complexity index is 926. The summed E-state index contributed by atoms with van der Waals surface area (Å²) in [5.41, 5.74) is 2.71. The molecule has 152 valence electrons. The second kappa shape index (κ2) is 8.52. The van der Waals surface area contributed by atoms with Gasteiger partial charge < -0.3 is 9.84 Å². The van der Waals surface area contributed by atoms with Crippen molar-refractivity contribution in [2.75, 3.05) is 4.90 Å². The number of carbonyl (C=O) groups is 2. The van der Waals surface area contributed by atoms with Crippen LogP contribution in [0.25, 0.3) is 0 Å². The lowest BCUT2D eigenvalue weighted by molar-refractivity contribution is -0.118. The fourth-order valence-electron chi connectivity index (χ4n) is 3.56. The zero-order valence-corrected chi connectivity index (χ0v) is 17.3. The largest absolute Gasteiger partial charge is 0.503 e. The first-order valence-electron chi connectivity index (χ1n) is 10.0. The van der Waals surface area contributed by atoms with Crippen LogP contribution in [-0.2, 0) is 16.0 Å². The molecule has 0 fully saturated rings.